The first-order valence-electron chi connectivity index (χ1n) is 10.1. The van der Waals surface area contributed by atoms with Crippen LogP contribution in [-0.4, -0.2) is 18.1 Å². The van der Waals surface area contributed by atoms with Crippen LogP contribution in [0.5, 0.6) is 5.75 Å². The van der Waals surface area contributed by atoms with Gasteiger partial charge in [-0.2, -0.15) is 5.10 Å². The fourth-order valence-electron chi connectivity index (χ4n) is 3.34. The quantitative estimate of drug-likeness (QED) is 0.129. The molecule has 0 fully saturated rings. The summed E-state index contributed by atoms with van der Waals surface area (Å²) in [6.45, 7) is 0. The molecule has 5 nitrogen and oxygen atoms in total. The number of carbonyl (C=O) groups excluding carboxylic acids is 2. The Morgan fingerprint density at radius 3 is 2.45 bits per heavy atom. The lowest BCUT2D eigenvalue weighted by atomic mass is 10.0. The number of nitrogens with one attached hydrogen (secondary N) is 1. The largest absolute Gasteiger partial charge is 0.421 e. The van der Waals surface area contributed by atoms with Gasteiger partial charge in [-0.1, -0.05) is 76.6 Å². The minimum absolute atomic E-state index is 0.191. The molecule has 0 spiro atoms. The molecule has 0 saturated carbocycles. The molecule has 164 valence electrons. The zero-order chi connectivity index (χ0) is 23.2. The Bertz CT molecular complexity index is 1350. The first-order valence-corrected chi connectivity index (χ1v) is 11.6. The predicted octanol–water partition coefficient (Wildman–Crippen LogP) is 6.28. The highest BCUT2D eigenvalue weighted by Crippen LogP contribution is 2.32. The van der Waals surface area contributed by atoms with E-state index in [-0.39, 0.29) is 12.3 Å². The minimum atomic E-state index is -0.492. The van der Waals surface area contributed by atoms with Crippen LogP contribution in [0.3, 0.4) is 0 Å². The van der Waals surface area contributed by atoms with Gasteiger partial charge in [0.2, 0.25) is 5.91 Å². The van der Waals surface area contributed by atoms with Crippen molar-refractivity contribution in [3.8, 4) is 5.75 Å². The van der Waals surface area contributed by atoms with Crippen molar-refractivity contribution in [2.45, 2.75) is 6.42 Å². The van der Waals surface area contributed by atoms with E-state index in [1.807, 2.05) is 48.5 Å². The summed E-state index contributed by atoms with van der Waals surface area (Å²) >= 11 is 6.86. The molecular weight excluding hydrogens is 548 g/mol. The predicted molar refractivity (Wildman–Crippen MR) is 137 cm³/mol. The van der Waals surface area contributed by atoms with Crippen LogP contribution in [0.15, 0.2) is 99.0 Å². The smallest absolute Gasteiger partial charge is 0.343 e. The van der Waals surface area contributed by atoms with Gasteiger partial charge in [0.05, 0.1) is 22.7 Å². The lowest BCUT2D eigenvalue weighted by Crippen LogP contribution is -2.20. The number of halogens is 2. The van der Waals surface area contributed by atoms with E-state index in [1.165, 1.54) is 6.21 Å². The number of esters is 1. The average Bonchev–Trinajstić information content (AvgIpc) is 2.82. The molecule has 0 bridgehead atoms. The number of hydrogen-bond donors (Lipinski definition) is 1. The molecule has 0 atom stereocenters. The Hall–Kier alpha value is -3.29. The van der Waals surface area contributed by atoms with Gasteiger partial charge < -0.3 is 4.74 Å². The van der Waals surface area contributed by atoms with Crippen LogP contribution in [-0.2, 0) is 11.2 Å². The zero-order valence-corrected chi connectivity index (χ0v) is 20.5. The van der Waals surface area contributed by atoms with Crippen LogP contribution >= 0.6 is 31.9 Å². The van der Waals surface area contributed by atoms with Crippen LogP contribution in [0, 0.1) is 0 Å². The summed E-state index contributed by atoms with van der Waals surface area (Å²) in [5, 5.41) is 6.19. The van der Waals surface area contributed by atoms with Gasteiger partial charge in [0.15, 0.2) is 5.75 Å². The maximum atomic E-state index is 12.5. The molecule has 1 N–H and O–H groups in total. The molecule has 7 heteroatoms. The Labute approximate surface area is 207 Å². The summed E-state index contributed by atoms with van der Waals surface area (Å²) in [7, 11) is 0. The van der Waals surface area contributed by atoms with Crippen molar-refractivity contribution in [2.75, 3.05) is 0 Å². The molecule has 0 saturated heterocycles. The van der Waals surface area contributed by atoms with E-state index < -0.39 is 5.97 Å². The molecule has 0 aliphatic rings. The normalized spacial score (nSPS) is 11.0. The van der Waals surface area contributed by atoms with Crippen molar-refractivity contribution in [2.24, 2.45) is 5.10 Å². The molecule has 4 aromatic rings. The molecule has 4 rings (SSSR count). The molecular formula is C26H18Br2N2O3. The highest BCUT2D eigenvalue weighted by molar-refractivity contribution is 9.11. The SMILES string of the molecule is O=C(Cc1cccc2ccccc12)NN=Cc1cc(Br)cc(Br)c1OC(=O)c1ccccc1. The molecule has 0 aliphatic heterocycles. The van der Waals surface area contributed by atoms with Gasteiger partial charge in [-0.25, -0.2) is 10.2 Å². The number of carbonyl (C=O) groups is 2. The van der Waals surface area contributed by atoms with Crippen molar-refractivity contribution in [1.29, 1.82) is 0 Å². The highest BCUT2D eigenvalue weighted by Gasteiger charge is 2.15. The van der Waals surface area contributed by atoms with Crippen molar-refractivity contribution in [1.82, 2.24) is 5.43 Å². The fraction of sp³-hybridized carbons (Fsp3) is 0.0385. The third-order valence-electron chi connectivity index (χ3n) is 4.87. The molecule has 0 aliphatic carbocycles. The topological polar surface area (TPSA) is 67.8 Å². The Morgan fingerprint density at radius 1 is 0.909 bits per heavy atom. The lowest BCUT2D eigenvalue weighted by Gasteiger charge is -2.10. The van der Waals surface area contributed by atoms with E-state index in [0.717, 1.165) is 20.8 Å². The summed E-state index contributed by atoms with van der Waals surface area (Å²) in [6.07, 6.45) is 1.64. The molecule has 0 unspecified atom stereocenters. The monoisotopic (exact) mass is 564 g/mol. The van der Waals surface area contributed by atoms with Gasteiger partial charge in [-0.05, 0) is 56.5 Å². The standard InChI is InChI=1S/C26H18Br2N2O3/c27-21-13-20(25(23(28)15-21)33-26(32)18-8-2-1-3-9-18)16-29-30-24(31)14-19-11-6-10-17-7-4-5-12-22(17)19/h1-13,15-16H,14H2,(H,30,31). The maximum Gasteiger partial charge on any atom is 0.343 e. The van der Waals surface area contributed by atoms with Crippen molar-refractivity contribution < 1.29 is 14.3 Å². The maximum absolute atomic E-state index is 12.5. The van der Waals surface area contributed by atoms with Crippen molar-refractivity contribution in [3.05, 3.63) is 111 Å². The Balaban J connectivity index is 1.49. The molecule has 0 radical (unpaired) electrons. The van der Waals surface area contributed by atoms with Gasteiger partial charge in [0.25, 0.3) is 0 Å². The summed E-state index contributed by atoms with van der Waals surface area (Å²) < 4.78 is 6.94. The number of fused-ring (bicyclic) bond motifs is 1. The summed E-state index contributed by atoms with van der Waals surface area (Å²) in [6, 6.07) is 26.0. The van der Waals surface area contributed by atoms with Crippen LogP contribution in [0.4, 0.5) is 0 Å². The van der Waals surface area contributed by atoms with Crippen LogP contribution in [0.1, 0.15) is 21.5 Å². The van der Waals surface area contributed by atoms with Gasteiger partial charge >= 0.3 is 5.97 Å². The first-order chi connectivity index (χ1) is 16.0. The number of hydrazone groups is 1. The Morgan fingerprint density at radius 2 is 1.64 bits per heavy atom. The fourth-order valence-corrected chi connectivity index (χ4v) is 4.68. The highest BCUT2D eigenvalue weighted by atomic mass is 79.9. The number of nitrogens with zero attached hydrogens (tertiary/aromatic N) is 1. The molecule has 4 aromatic carbocycles. The van der Waals surface area contributed by atoms with Gasteiger partial charge in [-0.15, -0.1) is 0 Å². The molecule has 33 heavy (non-hydrogen) atoms. The van der Waals surface area contributed by atoms with Crippen LogP contribution in [0.25, 0.3) is 10.8 Å². The number of rotatable bonds is 6. The zero-order valence-electron chi connectivity index (χ0n) is 17.3. The number of hydrogen-bond acceptors (Lipinski definition) is 4. The molecule has 0 heterocycles. The van der Waals surface area contributed by atoms with E-state index in [0.29, 0.717) is 21.3 Å². The summed E-state index contributed by atoms with van der Waals surface area (Å²) in [4.78, 5) is 25.0. The van der Waals surface area contributed by atoms with Crippen LogP contribution < -0.4 is 10.2 Å². The third-order valence-corrected chi connectivity index (χ3v) is 5.91. The molecule has 1 amide bonds. The van der Waals surface area contributed by atoms with Gasteiger partial charge in [0, 0.05) is 10.0 Å². The first kappa shape index (κ1) is 22.9. The second kappa shape index (κ2) is 10.6. The van der Waals surface area contributed by atoms with E-state index in [1.54, 1.807) is 36.4 Å². The average molecular weight is 566 g/mol. The molecule has 0 aromatic heterocycles. The summed E-state index contributed by atoms with van der Waals surface area (Å²) in [5.74, 6) is -0.438. The van der Waals surface area contributed by atoms with E-state index in [9.17, 15) is 9.59 Å². The van der Waals surface area contributed by atoms with Crippen molar-refractivity contribution in [3.63, 3.8) is 0 Å². The summed E-state index contributed by atoms with van der Waals surface area (Å²) in [5.41, 5.74) is 4.42. The second-order valence-corrected chi connectivity index (χ2v) is 8.94. The lowest BCUT2D eigenvalue weighted by molar-refractivity contribution is -0.120. The minimum Gasteiger partial charge on any atom is -0.421 e. The third kappa shape index (κ3) is 5.74. The van der Waals surface area contributed by atoms with E-state index in [4.69, 9.17) is 4.74 Å². The number of amides is 1. The van der Waals surface area contributed by atoms with E-state index >= 15 is 0 Å². The second-order valence-electron chi connectivity index (χ2n) is 7.17. The van der Waals surface area contributed by atoms with Gasteiger partial charge in [0.1, 0.15) is 0 Å². The number of benzene rings is 4. The number of ether oxygens (including phenoxy) is 1. The van der Waals surface area contributed by atoms with E-state index in [2.05, 4.69) is 42.4 Å². The Kier molecular flexibility index (Phi) is 7.32. The van der Waals surface area contributed by atoms with Gasteiger partial charge in [-0.3, -0.25) is 4.79 Å². The van der Waals surface area contributed by atoms with Crippen molar-refractivity contribution >= 4 is 60.7 Å². The van der Waals surface area contributed by atoms with Crippen LogP contribution in [0.2, 0.25) is 0 Å².